The van der Waals surface area contributed by atoms with Crippen molar-refractivity contribution in [1.82, 2.24) is 10.2 Å². The molecule has 0 aliphatic rings. The number of amides is 2. The van der Waals surface area contributed by atoms with Gasteiger partial charge in [-0.05, 0) is 47.7 Å². The molecule has 0 bridgehead atoms. The summed E-state index contributed by atoms with van der Waals surface area (Å²) in [7, 11) is -2.28. The minimum atomic E-state index is -3.78. The van der Waals surface area contributed by atoms with Crippen LogP contribution in [0.5, 0.6) is 0 Å². The van der Waals surface area contributed by atoms with E-state index in [2.05, 4.69) is 5.32 Å². The summed E-state index contributed by atoms with van der Waals surface area (Å²) in [6, 6.07) is 11.2. The highest BCUT2D eigenvalue weighted by Crippen LogP contribution is 2.25. The van der Waals surface area contributed by atoms with Gasteiger partial charge in [-0.2, -0.15) is 0 Å². The Labute approximate surface area is 212 Å². The number of anilines is 1. The number of carbonyl (C=O) groups excluding carboxylic acids is 2. The van der Waals surface area contributed by atoms with Crippen LogP contribution in [0, 0.1) is 0 Å². The summed E-state index contributed by atoms with van der Waals surface area (Å²) in [5.74, 6) is -0.579. The highest BCUT2D eigenvalue weighted by molar-refractivity contribution is 7.92. The molecule has 34 heavy (non-hydrogen) atoms. The van der Waals surface area contributed by atoms with Crippen molar-refractivity contribution < 1.29 is 18.0 Å². The normalized spacial score (nSPS) is 12.4. The molecule has 2 aromatic rings. The summed E-state index contributed by atoms with van der Waals surface area (Å²) >= 11 is 12.1. The molecule has 2 rings (SSSR count). The molecule has 0 aliphatic carbocycles. The van der Waals surface area contributed by atoms with Gasteiger partial charge in [0, 0.05) is 13.6 Å². The third-order valence-electron chi connectivity index (χ3n) is 5.50. The molecule has 0 heterocycles. The van der Waals surface area contributed by atoms with Crippen molar-refractivity contribution in [2.24, 2.45) is 0 Å². The molecule has 0 spiro atoms. The Morgan fingerprint density at radius 3 is 2.12 bits per heavy atom. The zero-order chi connectivity index (χ0) is 25.6. The van der Waals surface area contributed by atoms with E-state index in [1.54, 1.807) is 37.3 Å². The van der Waals surface area contributed by atoms with Crippen molar-refractivity contribution >= 4 is 50.7 Å². The Hall–Kier alpha value is -2.29. The molecule has 7 nitrogen and oxygen atoms in total. The van der Waals surface area contributed by atoms with Crippen molar-refractivity contribution in [3.8, 4) is 0 Å². The van der Waals surface area contributed by atoms with Crippen molar-refractivity contribution in [3.05, 3.63) is 63.6 Å². The zero-order valence-corrected chi connectivity index (χ0v) is 22.3. The Morgan fingerprint density at radius 1 is 1.03 bits per heavy atom. The molecule has 0 saturated carbocycles. The van der Waals surface area contributed by atoms with Crippen LogP contribution in [0.15, 0.2) is 42.5 Å². The van der Waals surface area contributed by atoms with Gasteiger partial charge in [0.15, 0.2) is 0 Å². The summed E-state index contributed by atoms with van der Waals surface area (Å²) in [6.07, 6.45) is 1.39. The Balaban J connectivity index is 2.43. The van der Waals surface area contributed by atoms with Gasteiger partial charge in [-0.1, -0.05) is 62.2 Å². The highest BCUT2D eigenvalue weighted by atomic mass is 35.5. The van der Waals surface area contributed by atoms with Gasteiger partial charge in [-0.15, -0.1) is 0 Å². The predicted octanol–water partition coefficient (Wildman–Crippen LogP) is 4.44. The molecule has 0 aromatic heterocycles. The number of benzene rings is 2. The number of halogens is 2. The van der Waals surface area contributed by atoms with Crippen molar-refractivity contribution in [3.63, 3.8) is 0 Å². The Morgan fingerprint density at radius 2 is 1.65 bits per heavy atom. The molecule has 0 unspecified atom stereocenters. The van der Waals surface area contributed by atoms with E-state index in [1.807, 2.05) is 26.0 Å². The van der Waals surface area contributed by atoms with Crippen LogP contribution in [-0.2, 0) is 26.2 Å². The van der Waals surface area contributed by atoms with Gasteiger partial charge in [0.2, 0.25) is 21.8 Å². The van der Waals surface area contributed by atoms with Crippen LogP contribution >= 0.6 is 23.2 Å². The van der Waals surface area contributed by atoms with Crippen molar-refractivity contribution in [1.29, 1.82) is 0 Å². The first-order chi connectivity index (χ1) is 15.9. The maximum atomic E-state index is 13.5. The maximum Gasteiger partial charge on any atom is 0.244 e. The first kappa shape index (κ1) is 28.0. The first-order valence-electron chi connectivity index (χ1n) is 10.9. The smallest absolute Gasteiger partial charge is 0.244 e. The average Bonchev–Trinajstić information content (AvgIpc) is 2.78. The van der Waals surface area contributed by atoms with E-state index in [9.17, 15) is 18.0 Å². The lowest BCUT2D eigenvalue weighted by molar-refractivity contribution is -0.140. The van der Waals surface area contributed by atoms with Gasteiger partial charge < -0.3 is 10.2 Å². The number of hydrogen-bond acceptors (Lipinski definition) is 4. The van der Waals surface area contributed by atoms with Crippen LogP contribution in [0.25, 0.3) is 0 Å². The zero-order valence-electron chi connectivity index (χ0n) is 20.0. The second-order valence-electron chi connectivity index (χ2n) is 8.32. The third kappa shape index (κ3) is 7.10. The predicted molar refractivity (Wildman–Crippen MR) is 138 cm³/mol. The van der Waals surface area contributed by atoms with E-state index in [0.29, 0.717) is 27.7 Å². The monoisotopic (exact) mass is 527 g/mol. The molecular weight excluding hydrogens is 497 g/mol. The number of likely N-dealkylation sites (N-methyl/N-ethyl adjacent to an activating group) is 1. The van der Waals surface area contributed by atoms with Crippen LogP contribution in [0.1, 0.15) is 44.2 Å². The molecule has 1 N–H and O–H groups in total. The number of nitrogens with one attached hydrogen (secondary N) is 1. The molecule has 0 fully saturated rings. The summed E-state index contributed by atoms with van der Waals surface area (Å²) in [4.78, 5) is 27.5. The lowest BCUT2D eigenvalue weighted by Gasteiger charge is -2.32. The molecule has 186 valence electrons. The van der Waals surface area contributed by atoms with E-state index in [4.69, 9.17) is 23.2 Å². The fourth-order valence-electron chi connectivity index (χ4n) is 3.56. The summed E-state index contributed by atoms with van der Waals surface area (Å²) in [6.45, 7) is 5.48. The minimum absolute atomic E-state index is 0.0610. The number of rotatable bonds is 10. The van der Waals surface area contributed by atoms with Gasteiger partial charge in [0.25, 0.3) is 0 Å². The molecule has 10 heteroatoms. The molecule has 1 atom stereocenters. The SMILES string of the molecule is CC[C@H](C(=O)NC)N(Cc1ccc(Cl)c(Cl)c1)C(=O)CN(c1ccc(C(C)C)cc1)S(C)(=O)=O. The van der Waals surface area contributed by atoms with Crippen LogP contribution in [-0.4, -0.2) is 51.0 Å². The minimum Gasteiger partial charge on any atom is -0.357 e. The second-order valence-corrected chi connectivity index (χ2v) is 11.0. The average molecular weight is 529 g/mol. The van der Waals surface area contributed by atoms with Gasteiger partial charge >= 0.3 is 0 Å². The number of nitrogens with zero attached hydrogens (tertiary/aromatic N) is 2. The van der Waals surface area contributed by atoms with Crippen molar-refractivity contribution in [2.45, 2.75) is 45.7 Å². The highest BCUT2D eigenvalue weighted by Gasteiger charge is 2.31. The largest absolute Gasteiger partial charge is 0.357 e. The Kier molecular flexibility index (Phi) is 9.79. The number of hydrogen-bond donors (Lipinski definition) is 1. The van der Waals surface area contributed by atoms with Gasteiger partial charge in [-0.3, -0.25) is 13.9 Å². The van der Waals surface area contributed by atoms with E-state index in [1.165, 1.54) is 11.9 Å². The molecule has 2 amide bonds. The lowest BCUT2D eigenvalue weighted by atomic mass is 10.0. The summed E-state index contributed by atoms with van der Waals surface area (Å²) in [5.41, 5.74) is 2.09. The molecule has 0 aliphatic heterocycles. The second kappa shape index (κ2) is 11.9. The van der Waals surface area contributed by atoms with E-state index in [-0.39, 0.29) is 18.4 Å². The quantitative estimate of drug-likeness (QED) is 0.494. The summed E-state index contributed by atoms with van der Waals surface area (Å²) in [5, 5.41) is 3.27. The number of sulfonamides is 1. The van der Waals surface area contributed by atoms with Crippen LogP contribution in [0.3, 0.4) is 0 Å². The molecular formula is C24H31Cl2N3O4S. The van der Waals surface area contributed by atoms with Crippen molar-refractivity contribution in [2.75, 3.05) is 24.2 Å². The fraction of sp³-hybridized carbons (Fsp3) is 0.417. The van der Waals surface area contributed by atoms with E-state index in [0.717, 1.165) is 16.1 Å². The van der Waals surface area contributed by atoms with Gasteiger partial charge in [0.1, 0.15) is 12.6 Å². The maximum absolute atomic E-state index is 13.5. The van der Waals surface area contributed by atoms with Gasteiger partial charge in [0.05, 0.1) is 22.0 Å². The summed E-state index contributed by atoms with van der Waals surface area (Å²) < 4.78 is 26.3. The molecule has 0 saturated heterocycles. The molecule has 0 radical (unpaired) electrons. The van der Waals surface area contributed by atoms with Crippen LogP contribution in [0.2, 0.25) is 10.0 Å². The third-order valence-corrected chi connectivity index (χ3v) is 7.38. The number of carbonyl (C=O) groups is 2. The van der Waals surface area contributed by atoms with E-state index >= 15 is 0 Å². The standard InChI is InChI=1S/C24H31Cl2N3O4S/c1-6-22(24(31)27-4)28(14-17-7-12-20(25)21(26)13-17)23(30)15-29(34(5,32)33)19-10-8-18(9-11-19)16(2)3/h7-13,16,22H,6,14-15H2,1-5H3,(H,27,31)/t22-/m1/s1. The molecule has 2 aromatic carbocycles. The fourth-order valence-corrected chi connectivity index (χ4v) is 4.73. The first-order valence-corrected chi connectivity index (χ1v) is 13.5. The van der Waals surface area contributed by atoms with E-state index < -0.39 is 28.5 Å². The van der Waals surface area contributed by atoms with Crippen LogP contribution in [0.4, 0.5) is 5.69 Å². The topological polar surface area (TPSA) is 86.8 Å². The van der Waals surface area contributed by atoms with Gasteiger partial charge in [-0.25, -0.2) is 8.42 Å². The Bertz CT molecular complexity index is 1120. The van der Waals surface area contributed by atoms with Crippen LogP contribution < -0.4 is 9.62 Å². The lowest BCUT2D eigenvalue weighted by Crippen LogP contribution is -2.51.